The maximum Gasteiger partial charge on any atom is 0.258 e. The fraction of sp³-hybridized carbons (Fsp3) is 0.0526. The Morgan fingerprint density at radius 1 is 1.19 bits per heavy atom. The summed E-state index contributed by atoms with van der Waals surface area (Å²) in [4.78, 5) is 26.7. The predicted octanol–water partition coefficient (Wildman–Crippen LogP) is 2.27. The molecule has 0 aliphatic heterocycles. The zero-order valence-corrected chi connectivity index (χ0v) is 14.2. The van der Waals surface area contributed by atoms with Gasteiger partial charge in [0, 0.05) is 18.6 Å². The number of rotatable bonds is 3. The van der Waals surface area contributed by atoms with E-state index in [1.807, 2.05) is 24.3 Å². The highest BCUT2D eigenvalue weighted by molar-refractivity contribution is 5.94. The second kappa shape index (κ2) is 6.49. The van der Waals surface area contributed by atoms with E-state index in [0.717, 1.165) is 10.9 Å². The van der Waals surface area contributed by atoms with Gasteiger partial charge in [-0.1, -0.05) is 23.4 Å². The molecule has 134 valence electrons. The van der Waals surface area contributed by atoms with Crippen LogP contribution in [0.2, 0.25) is 0 Å². The molecule has 27 heavy (non-hydrogen) atoms. The lowest BCUT2D eigenvalue weighted by Crippen LogP contribution is -2.19. The number of benzene rings is 2. The topological polar surface area (TPSA) is 92.7 Å². The van der Waals surface area contributed by atoms with Crippen LogP contribution in [0.5, 0.6) is 0 Å². The Labute approximate surface area is 152 Å². The van der Waals surface area contributed by atoms with Crippen LogP contribution in [0.25, 0.3) is 27.8 Å². The predicted molar refractivity (Wildman–Crippen MR) is 98.3 cm³/mol. The maximum atomic E-state index is 14.2. The van der Waals surface area contributed by atoms with Crippen molar-refractivity contribution in [3.05, 3.63) is 76.5 Å². The zero-order chi connectivity index (χ0) is 19.0. The van der Waals surface area contributed by atoms with Crippen molar-refractivity contribution in [1.29, 1.82) is 0 Å². The van der Waals surface area contributed by atoms with E-state index < -0.39 is 11.7 Å². The summed E-state index contributed by atoms with van der Waals surface area (Å²) < 4.78 is 15.5. The summed E-state index contributed by atoms with van der Waals surface area (Å²) in [6.45, 7) is 0. The highest BCUT2D eigenvalue weighted by atomic mass is 19.1. The minimum atomic E-state index is -0.674. The van der Waals surface area contributed by atoms with Gasteiger partial charge >= 0.3 is 0 Å². The number of nitrogens with one attached hydrogen (secondary N) is 2. The largest absolute Gasteiger partial charge is 0.355 e. The molecule has 4 rings (SSSR count). The van der Waals surface area contributed by atoms with E-state index in [-0.39, 0.29) is 11.1 Å². The van der Waals surface area contributed by atoms with Crippen molar-refractivity contribution in [3.8, 4) is 16.9 Å². The summed E-state index contributed by atoms with van der Waals surface area (Å²) >= 11 is 0. The van der Waals surface area contributed by atoms with Crippen LogP contribution < -0.4 is 10.9 Å². The van der Waals surface area contributed by atoms with Gasteiger partial charge in [-0.3, -0.25) is 9.59 Å². The number of fused-ring (bicyclic) bond motifs is 1. The number of nitrogens with zero attached hydrogens (tertiary/aromatic N) is 3. The van der Waals surface area contributed by atoms with Gasteiger partial charge in [-0.15, -0.1) is 5.10 Å². The third kappa shape index (κ3) is 2.97. The number of para-hydroxylation sites is 1. The average Bonchev–Trinajstić information content (AvgIpc) is 3.16. The van der Waals surface area contributed by atoms with Crippen molar-refractivity contribution in [1.82, 2.24) is 25.3 Å². The molecule has 2 aromatic carbocycles. The van der Waals surface area contributed by atoms with Gasteiger partial charge in [0.2, 0.25) is 0 Å². The molecule has 0 bridgehead atoms. The van der Waals surface area contributed by atoms with Crippen molar-refractivity contribution < 1.29 is 9.18 Å². The third-order valence-electron chi connectivity index (χ3n) is 4.21. The van der Waals surface area contributed by atoms with Crippen molar-refractivity contribution in [2.24, 2.45) is 0 Å². The van der Waals surface area contributed by atoms with Crippen LogP contribution in [0, 0.1) is 5.82 Å². The van der Waals surface area contributed by atoms with Gasteiger partial charge in [0.1, 0.15) is 11.5 Å². The van der Waals surface area contributed by atoms with Crippen LogP contribution in [0.3, 0.4) is 0 Å². The fourth-order valence-corrected chi connectivity index (χ4v) is 2.82. The molecule has 2 aromatic heterocycles. The van der Waals surface area contributed by atoms with Crippen LogP contribution in [0.4, 0.5) is 4.39 Å². The van der Waals surface area contributed by atoms with Crippen LogP contribution in [0.15, 0.2) is 59.5 Å². The Bertz CT molecular complexity index is 1230. The number of amides is 1. The second-order valence-corrected chi connectivity index (χ2v) is 5.89. The van der Waals surface area contributed by atoms with Crippen molar-refractivity contribution in [2.45, 2.75) is 0 Å². The Hall–Kier alpha value is -3.81. The van der Waals surface area contributed by atoms with E-state index >= 15 is 0 Å². The zero-order valence-electron chi connectivity index (χ0n) is 14.2. The first-order valence-electron chi connectivity index (χ1n) is 8.13. The number of hydrogen-bond donors (Lipinski definition) is 2. The van der Waals surface area contributed by atoms with E-state index in [9.17, 15) is 14.0 Å². The number of carbonyl (C=O) groups is 1. The summed E-state index contributed by atoms with van der Waals surface area (Å²) in [5, 5.41) is 11.2. The molecule has 4 aromatic rings. The van der Waals surface area contributed by atoms with Crippen molar-refractivity contribution >= 4 is 16.8 Å². The van der Waals surface area contributed by atoms with Crippen LogP contribution in [0.1, 0.15) is 10.4 Å². The molecule has 7 nitrogen and oxygen atoms in total. The van der Waals surface area contributed by atoms with Crippen molar-refractivity contribution in [2.75, 3.05) is 7.05 Å². The van der Waals surface area contributed by atoms with Gasteiger partial charge in [0.25, 0.3) is 11.5 Å². The monoisotopic (exact) mass is 363 g/mol. The molecule has 0 saturated heterocycles. The molecule has 2 N–H and O–H groups in total. The van der Waals surface area contributed by atoms with E-state index in [0.29, 0.717) is 16.9 Å². The SMILES string of the molecule is CNC(=O)c1ccc(-n2cc(-c3cc4ccccc4[nH]c3=O)nn2)cc1F. The van der Waals surface area contributed by atoms with Crippen LogP contribution in [-0.2, 0) is 0 Å². The normalized spacial score (nSPS) is 10.9. The standard InChI is InChI=1S/C19H14FN5O2/c1-21-18(26)13-7-6-12(9-15(13)20)25-10-17(23-24-25)14-8-11-4-2-3-5-16(11)22-19(14)27/h2-10H,1H3,(H,21,26)(H,22,27). The molecule has 0 unspecified atom stereocenters. The first kappa shape index (κ1) is 16.6. The van der Waals surface area contributed by atoms with Gasteiger partial charge in [0.15, 0.2) is 0 Å². The lowest BCUT2D eigenvalue weighted by atomic mass is 10.1. The molecule has 0 saturated carbocycles. The lowest BCUT2D eigenvalue weighted by molar-refractivity contribution is 0.0959. The number of H-pyrrole nitrogens is 1. The quantitative estimate of drug-likeness (QED) is 0.584. The molecule has 2 heterocycles. The first-order valence-corrected chi connectivity index (χ1v) is 8.13. The Kier molecular flexibility index (Phi) is 4.00. The number of halogens is 1. The molecule has 0 aliphatic carbocycles. The molecule has 0 radical (unpaired) electrons. The Morgan fingerprint density at radius 2 is 2.00 bits per heavy atom. The summed E-state index contributed by atoms with van der Waals surface area (Å²) in [5.41, 5.74) is 1.48. The molecule has 0 atom stereocenters. The number of aromatic amines is 1. The minimum Gasteiger partial charge on any atom is -0.355 e. The summed E-state index contributed by atoms with van der Waals surface area (Å²) in [6, 6.07) is 13.2. The van der Waals surface area contributed by atoms with Gasteiger partial charge in [-0.2, -0.15) is 0 Å². The van der Waals surface area contributed by atoms with E-state index in [1.54, 1.807) is 12.1 Å². The number of carbonyl (C=O) groups excluding carboxylic acids is 1. The molecular weight excluding hydrogens is 349 g/mol. The minimum absolute atomic E-state index is 0.0624. The first-order chi connectivity index (χ1) is 13.1. The fourth-order valence-electron chi connectivity index (χ4n) is 2.82. The van der Waals surface area contributed by atoms with Gasteiger partial charge in [-0.05, 0) is 29.7 Å². The molecule has 0 spiro atoms. The lowest BCUT2D eigenvalue weighted by Gasteiger charge is -2.04. The molecule has 1 amide bonds. The molecule has 0 aliphatic rings. The summed E-state index contributed by atoms with van der Waals surface area (Å²) in [6.07, 6.45) is 1.54. The number of hydrogen-bond acceptors (Lipinski definition) is 4. The average molecular weight is 363 g/mol. The van der Waals surface area contributed by atoms with Gasteiger partial charge in [0.05, 0.1) is 23.0 Å². The summed E-state index contributed by atoms with van der Waals surface area (Å²) in [5.74, 6) is -1.19. The summed E-state index contributed by atoms with van der Waals surface area (Å²) in [7, 11) is 1.43. The van der Waals surface area contributed by atoms with Crippen molar-refractivity contribution in [3.63, 3.8) is 0 Å². The Morgan fingerprint density at radius 3 is 2.78 bits per heavy atom. The molecule has 0 fully saturated rings. The smallest absolute Gasteiger partial charge is 0.258 e. The highest BCUT2D eigenvalue weighted by Crippen LogP contribution is 2.19. The number of aromatic nitrogens is 4. The highest BCUT2D eigenvalue weighted by Gasteiger charge is 2.14. The van der Waals surface area contributed by atoms with Gasteiger partial charge in [-0.25, -0.2) is 9.07 Å². The molecule has 8 heteroatoms. The number of pyridine rings is 1. The van der Waals surface area contributed by atoms with Crippen LogP contribution in [-0.4, -0.2) is 32.9 Å². The Balaban J connectivity index is 1.74. The third-order valence-corrected chi connectivity index (χ3v) is 4.21. The maximum absolute atomic E-state index is 14.2. The van der Waals surface area contributed by atoms with Crippen LogP contribution >= 0.6 is 0 Å². The van der Waals surface area contributed by atoms with E-state index in [4.69, 9.17) is 0 Å². The molecular formula is C19H14FN5O2. The van der Waals surface area contributed by atoms with Gasteiger partial charge < -0.3 is 10.3 Å². The van der Waals surface area contributed by atoms with E-state index in [2.05, 4.69) is 20.6 Å². The second-order valence-electron chi connectivity index (χ2n) is 5.89. The van der Waals surface area contributed by atoms with E-state index in [1.165, 1.54) is 30.1 Å².